The Hall–Kier alpha value is -2.67. The SMILES string of the molecule is c1ccc(-c2cnc3ccc4ccccc4c3c2)cc1. The van der Waals surface area contributed by atoms with Gasteiger partial charge < -0.3 is 0 Å². The Bertz CT molecular complexity index is 895. The van der Waals surface area contributed by atoms with Gasteiger partial charge in [-0.3, -0.25) is 4.98 Å². The summed E-state index contributed by atoms with van der Waals surface area (Å²) in [5.41, 5.74) is 3.41. The maximum atomic E-state index is 4.61. The summed E-state index contributed by atoms with van der Waals surface area (Å²) in [6, 6.07) is 25.3. The van der Waals surface area contributed by atoms with Gasteiger partial charge in [-0.1, -0.05) is 60.7 Å². The van der Waals surface area contributed by atoms with Crippen LogP contribution in [0.25, 0.3) is 32.8 Å². The van der Waals surface area contributed by atoms with Gasteiger partial charge in [0.05, 0.1) is 5.52 Å². The fraction of sp³-hybridized carbons (Fsp3) is 0. The number of pyridine rings is 1. The quantitative estimate of drug-likeness (QED) is 0.433. The Kier molecular flexibility index (Phi) is 2.49. The molecule has 0 unspecified atom stereocenters. The molecule has 4 aromatic rings. The Morgan fingerprint density at radius 2 is 1.40 bits per heavy atom. The highest BCUT2D eigenvalue weighted by atomic mass is 14.6. The van der Waals surface area contributed by atoms with E-state index in [0.717, 1.165) is 11.1 Å². The largest absolute Gasteiger partial charge is 0.256 e. The van der Waals surface area contributed by atoms with Crippen LogP contribution in [0.15, 0.2) is 79.0 Å². The van der Waals surface area contributed by atoms with Crippen molar-refractivity contribution in [1.29, 1.82) is 0 Å². The number of benzene rings is 3. The number of hydrogen-bond acceptors (Lipinski definition) is 1. The van der Waals surface area contributed by atoms with E-state index in [1.807, 2.05) is 12.3 Å². The average Bonchev–Trinajstić information content (AvgIpc) is 2.55. The van der Waals surface area contributed by atoms with E-state index < -0.39 is 0 Å². The van der Waals surface area contributed by atoms with Crippen molar-refractivity contribution in [2.75, 3.05) is 0 Å². The van der Waals surface area contributed by atoms with Crippen LogP contribution in [0.5, 0.6) is 0 Å². The average molecular weight is 255 g/mol. The van der Waals surface area contributed by atoms with E-state index in [4.69, 9.17) is 0 Å². The van der Waals surface area contributed by atoms with Gasteiger partial charge in [0.1, 0.15) is 0 Å². The minimum absolute atomic E-state index is 1.04. The van der Waals surface area contributed by atoms with Crippen molar-refractivity contribution in [3.8, 4) is 11.1 Å². The highest BCUT2D eigenvalue weighted by Crippen LogP contribution is 2.28. The van der Waals surface area contributed by atoms with E-state index >= 15 is 0 Å². The lowest BCUT2D eigenvalue weighted by molar-refractivity contribution is 1.41. The number of aromatic nitrogens is 1. The Labute approximate surface area is 117 Å². The van der Waals surface area contributed by atoms with Gasteiger partial charge in [0.15, 0.2) is 0 Å². The zero-order valence-corrected chi connectivity index (χ0v) is 11.0. The number of fused-ring (bicyclic) bond motifs is 3. The van der Waals surface area contributed by atoms with Gasteiger partial charge in [-0.25, -0.2) is 0 Å². The fourth-order valence-electron chi connectivity index (χ4n) is 2.67. The molecule has 0 radical (unpaired) electrons. The topological polar surface area (TPSA) is 12.9 Å². The highest BCUT2D eigenvalue weighted by Gasteiger charge is 2.04. The van der Waals surface area contributed by atoms with Gasteiger partial charge in [-0.05, 0) is 28.5 Å². The summed E-state index contributed by atoms with van der Waals surface area (Å²) >= 11 is 0. The third kappa shape index (κ3) is 1.76. The molecular formula is C19H13N. The molecule has 0 amide bonds. The molecule has 0 aliphatic carbocycles. The minimum atomic E-state index is 1.04. The third-order valence-electron chi connectivity index (χ3n) is 3.70. The van der Waals surface area contributed by atoms with Crippen LogP contribution in [-0.4, -0.2) is 4.98 Å². The van der Waals surface area contributed by atoms with Gasteiger partial charge in [-0.2, -0.15) is 0 Å². The van der Waals surface area contributed by atoms with Crippen molar-refractivity contribution in [2.24, 2.45) is 0 Å². The molecule has 1 aromatic heterocycles. The molecule has 0 bridgehead atoms. The Balaban J connectivity index is 2.05. The van der Waals surface area contributed by atoms with Crippen LogP contribution >= 0.6 is 0 Å². The van der Waals surface area contributed by atoms with Gasteiger partial charge in [-0.15, -0.1) is 0 Å². The molecular weight excluding hydrogens is 242 g/mol. The molecule has 20 heavy (non-hydrogen) atoms. The normalized spacial score (nSPS) is 11.0. The second-order valence-corrected chi connectivity index (χ2v) is 4.94. The van der Waals surface area contributed by atoms with Gasteiger partial charge in [0.25, 0.3) is 0 Å². The molecule has 0 N–H and O–H groups in total. The first-order chi connectivity index (χ1) is 9.92. The van der Waals surface area contributed by atoms with Crippen LogP contribution in [0, 0.1) is 0 Å². The third-order valence-corrected chi connectivity index (χ3v) is 3.70. The van der Waals surface area contributed by atoms with Crippen LogP contribution in [-0.2, 0) is 0 Å². The molecule has 0 aliphatic rings. The summed E-state index contributed by atoms with van der Waals surface area (Å²) in [5, 5.41) is 3.73. The van der Waals surface area contributed by atoms with Crippen molar-refractivity contribution >= 4 is 21.7 Å². The highest BCUT2D eigenvalue weighted by molar-refractivity contribution is 6.07. The summed E-state index contributed by atoms with van der Waals surface area (Å²) in [5.74, 6) is 0. The van der Waals surface area contributed by atoms with Gasteiger partial charge in [0.2, 0.25) is 0 Å². The summed E-state index contributed by atoms with van der Waals surface area (Å²) < 4.78 is 0. The Morgan fingerprint density at radius 1 is 0.600 bits per heavy atom. The zero-order valence-electron chi connectivity index (χ0n) is 11.0. The van der Waals surface area contributed by atoms with Crippen LogP contribution in [0.4, 0.5) is 0 Å². The van der Waals surface area contributed by atoms with Gasteiger partial charge >= 0.3 is 0 Å². The lowest BCUT2D eigenvalue weighted by atomic mass is 10.0. The van der Waals surface area contributed by atoms with Crippen molar-refractivity contribution in [3.05, 3.63) is 79.0 Å². The lowest BCUT2D eigenvalue weighted by Crippen LogP contribution is -1.84. The van der Waals surface area contributed by atoms with Crippen LogP contribution in [0.3, 0.4) is 0 Å². The second-order valence-electron chi connectivity index (χ2n) is 4.94. The summed E-state index contributed by atoms with van der Waals surface area (Å²) in [6.45, 7) is 0. The standard InChI is InChI=1S/C19H13N/c1-2-6-14(7-3-1)16-12-18-17-9-5-4-8-15(17)10-11-19(18)20-13-16/h1-13H. The molecule has 0 saturated heterocycles. The molecule has 0 spiro atoms. The molecule has 0 fully saturated rings. The van der Waals surface area contributed by atoms with Crippen molar-refractivity contribution < 1.29 is 0 Å². The zero-order chi connectivity index (χ0) is 13.4. The first kappa shape index (κ1) is 11.2. The lowest BCUT2D eigenvalue weighted by Gasteiger charge is -2.06. The van der Waals surface area contributed by atoms with Crippen LogP contribution < -0.4 is 0 Å². The molecule has 1 heterocycles. The van der Waals surface area contributed by atoms with E-state index in [1.54, 1.807) is 0 Å². The number of hydrogen-bond donors (Lipinski definition) is 0. The summed E-state index contributed by atoms with van der Waals surface area (Å²) in [4.78, 5) is 4.61. The molecule has 4 rings (SSSR count). The predicted molar refractivity (Wildman–Crippen MR) is 84.7 cm³/mol. The molecule has 3 aromatic carbocycles. The van der Waals surface area contributed by atoms with E-state index in [-0.39, 0.29) is 0 Å². The number of rotatable bonds is 1. The first-order valence-electron chi connectivity index (χ1n) is 6.75. The summed E-state index contributed by atoms with van der Waals surface area (Å²) in [7, 11) is 0. The van der Waals surface area contributed by atoms with E-state index in [1.165, 1.54) is 21.7 Å². The van der Waals surface area contributed by atoms with Gasteiger partial charge in [0, 0.05) is 17.1 Å². The van der Waals surface area contributed by atoms with Crippen molar-refractivity contribution in [1.82, 2.24) is 4.98 Å². The molecule has 0 saturated carbocycles. The van der Waals surface area contributed by atoms with E-state index in [9.17, 15) is 0 Å². The molecule has 94 valence electrons. The summed E-state index contributed by atoms with van der Waals surface area (Å²) in [6.07, 6.45) is 1.95. The van der Waals surface area contributed by atoms with E-state index in [2.05, 4.69) is 71.7 Å². The number of nitrogens with zero attached hydrogens (tertiary/aromatic N) is 1. The minimum Gasteiger partial charge on any atom is -0.256 e. The molecule has 0 aliphatic heterocycles. The second kappa shape index (κ2) is 4.46. The first-order valence-corrected chi connectivity index (χ1v) is 6.75. The maximum absolute atomic E-state index is 4.61. The van der Waals surface area contributed by atoms with Crippen LogP contribution in [0.1, 0.15) is 0 Å². The molecule has 0 atom stereocenters. The fourth-order valence-corrected chi connectivity index (χ4v) is 2.67. The van der Waals surface area contributed by atoms with Crippen molar-refractivity contribution in [2.45, 2.75) is 0 Å². The Morgan fingerprint density at radius 3 is 2.30 bits per heavy atom. The maximum Gasteiger partial charge on any atom is 0.0708 e. The van der Waals surface area contributed by atoms with Crippen LogP contribution in [0.2, 0.25) is 0 Å². The molecule has 1 nitrogen and oxygen atoms in total. The smallest absolute Gasteiger partial charge is 0.0708 e. The monoisotopic (exact) mass is 255 g/mol. The van der Waals surface area contributed by atoms with Crippen molar-refractivity contribution in [3.63, 3.8) is 0 Å². The predicted octanol–water partition coefficient (Wildman–Crippen LogP) is 5.06. The van der Waals surface area contributed by atoms with E-state index in [0.29, 0.717) is 0 Å². The molecule has 1 heteroatoms.